The van der Waals surface area contributed by atoms with Crippen LogP contribution < -0.4 is 5.73 Å². The first-order valence-corrected chi connectivity index (χ1v) is 8.01. The van der Waals surface area contributed by atoms with Crippen LogP contribution in [0.1, 0.15) is 39.2 Å². The second-order valence-electron chi connectivity index (χ2n) is 6.21. The van der Waals surface area contributed by atoms with Crippen molar-refractivity contribution in [3.63, 3.8) is 0 Å². The lowest BCUT2D eigenvalue weighted by Crippen LogP contribution is -2.10. The zero-order valence-electron chi connectivity index (χ0n) is 13.9. The molecule has 0 fully saturated rings. The van der Waals surface area contributed by atoms with E-state index >= 15 is 0 Å². The third-order valence-electron chi connectivity index (χ3n) is 4.33. The number of H-pyrrole nitrogens is 1. The van der Waals surface area contributed by atoms with Crippen molar-refractivity contribution in [2.75, 3.05) is 0 Å². The SMILES string of the molecule is Cc1ccc2[nH]c(C)c(C(=O)CCc3ccc(C(=N)N)cc3)c2c1. The molecule has 0 aliphatic carbocycles. The number of rotatable bonds is 5. The molecule has 24 heavy (non-hydrogen) atoms. The van der Waals surface area contributed by atoms with E-state index in [1.807, 2.05) is 50.2 Å². The zero-order chi connectivity index (χ0) is 17.3. The average molecular weight is 319 g/mol. The highest BCUT2D eigenvalue weighted by atomic mass is 16.1. The molecule has 0 atom stereocenters. The summed E-state index contributed by atoms with van der Waals surface area (Å²) in [4.78, 5) is 16.0. The van der Waals surface area contributed by atoms with E-state index in [9.17, 15) is 4.79 Å². The van der Waals surface area contributed by atoms with Crippen LogP contribution in [-0.2, 0) is 6.42 Å². The molecule has 2 aromatic carbocycles. The maximum Gasteiger partial charge on any atom is 0.165 e. The summed E-state index contributed by atoms with van der Waals surface area (Å²) in [7, 11) is 0. The Labute approximate surface area is 141 Å². The minimum Gasteiger partial charge on any atom is -0.384 e. The van der Waals surface area contributed by atoms with Gasteiger partial charge in [-0.05, 0) is 38.0 Å². The molecule has 4 heteroatoms. The Morgan fingerprint density at radius 2 is 1.83 bits per heavy atom. The Bertz CT molecular complexity index is 920. The van der Waals surface area contributed by atoms with Gasteiger partial charge >= 0.3 is 0 Å². The number of fused-ring (bicyclic) bond motifs is 1. The normalized spacial score (nSPS) is 10.9. The maximum atomic E-state index is 12.7. The van der Waals surface area contributed by atoms with Crippen molar-refractivity contribution >= 4 is 22.5 Å². The molecule has 4 N–H and O–H groups in total. The van der Waals surface area contributed by atoms with Crippen molar-refractivity contribution in [2.24, 2.45) is 5.73 Å². The van der Waals surface area contributed by atoms with Gasteiger partial charge in [0.1, 0.15) is 5.84 Å². The van der Waals surface area contributed by atoms with Crippen molar-refractivity contribution < 1.29 is 4.79 Å². The first-order valence-electron chi connectivity index (χ1n) is 8.01. The van der Waals surface area contributed by atoms with Gasteiger partial charge in [0, 0.05) is 34.1 Å². The summed E-state index contributed by atoms with van der Waals surface area (Å²) < 4.78 is 0. The number of nitrogens with one attached hydrogen (secondary N) is 2. The smallest absolute Gasteiger partial charge is 0.165 e. The molecule has 0 spiro atoms. The first kappa shape index (κ1) is 16.0. The van der Waals surface area contributed by atoms with E-state index in [1.165, 1.54) is 0 Å². The van der Waals surface area contributed by atoms with Gasteiger partial charge in [0.25, 0.3) is 0 Å². The number of Topliss-reactive ketones (excluding diaryl/α,β-unsaturated/α-hetero) is 1. The number of nitrogen functional groups attached to an aromatic ring is 1. The van der Waals surface area contributed by atoms with Gasteiger partial charge in [0.2, 0.25) is 0 Å². The lowest BCUT2D eigenvalue weighted by atomic mass is 9.99. The number of nitrogens with two attached hydrogens (primary N) is 1. The number of ketones is 1. The van der Waals surface area contributed by atoms with Crippen LogP contribution in [0.5, 0.6) is 0 Å². The molecule has 1 aromatic heterocycles. The third-order valence-corrected chi connectivity index (χ3v) is 4.33. The van der Waals surface area contributed by atoms with Crippen LogP contribution in [0.4, 0.5) is 0 Å². The monoisotopic (exact) mass is 319 g/mol. The van der Waals surface area contributed by atoms with Crippen LogP contribution in [0.2, 0.25) is 0 Å². The van der Waals surface area contributed by atoms with Crippen LogP contribution in [0.25, 0.3) is 10.9 Å². The van der Waals surface area contributed by atoms with E-state index in [0.717, 1.165) is 33.3 Å². The summed E-state index contributed by atoms with van der Waals surface area (Å²) in [5.74, 6) is 0.211. The standard InChI is InChI=1S/C20H21N3O/c1-12-3-9-17-16(11-12)19(13(2)23-17)18(24)10-6-14-4-7-15(8-5-14)20(21)22/h3-5,7-9,11,23H,6,10H2,1-2H3,(H3,21,22). The second-order valence-corrected chi connectivity index (χ2v) is 6.21. The molecule has 122 valence electrons. The Morgan fingerprint density at radius 1 is 1.12 bits per heavy atom. The molecule has 0 radical (unpaired) electrons. The van der Waals surface area contributed by atoms with Gasteiger partial charge in [-0.25, -0.2) is 0 Å². The van der Waals surface area contributed by atoms with E-state index < -0.39 is 0 Å². The quantitative estimate of drug-likeness (QED) is 0.379. The molecule has 0 amide bonds. The highest BCUT2D eigenvalue weighted by Gasteiger charge is 2.16. The van der Waals surface area contributed by atoms with Gasteiger partial charge in [-0.3, -0.25) is 10.2 Å². The number of carbonyl (C=O) groups excluding carboxylic acids is 1. The number of hydrogen-bond acceptors (Lipinski definition) is 2. The average Bonchev–Trinajstić information content (AvgIpc) is 2.88. The van der Waals surface area contributed by atoms with E-state index in [-0.39, 0.29) is 11.6 Å². The Morgan fingerprint density at radius 3 is 2.50 bits per heavy atom. The molecule has 0 aliphatic rings. The van der Waals surface area contributed by atoms with Gasteiger partial charge < -0.3 is 10.7 Å². The van der Waals surface area contributed by atoms with E-state index in [2.05, 4.69) is 11.1 Å². The van der Waals surface area contributed by atoms with E-state index in [0.29, 0.717) is 18.4 Å². The fourth-order valence-electron chi connectivity index (χ4n) is 3.03. The highest BCUT2D eigenvalue weighted by molar-refractivity contribution is 6.09. The minimum absolute atomic E-state index is 0.0578. The Balaban J connectivity index is 1.79. The van der Waals surface area contributed by atoms with Crippen LogP contribution >= 0.6 is 0 Å². The van der Waals surface area contributed by atoms with Crippen LogP contribution in [-0.4, -0.2) is 16.6 Å². The number of benzene rings is 2. The van der Waals surface area contributed by atoms with Crippen LogP contribution in [0.3, 0.4) is 0 Å². The van der Waals surface area contributed by atoms with Crippen LogP contribution in [0, 0.1) is 19.3 Å². The molecule has 4 nitrogen and oxygen atoms in total. The molecule has 0 unspecified atom stereocenters. The number of aryl methyl sites for hydroxylation is 3. The lowest BCUT2D eigenvalue weighted by molar-refractivity contribution is 0.0984. The highest BCUT2D eigenvalue weighted by Crippen LogP contribution is 2.25. The summed E-state index contributed by atoms with van der Waals surface area (Å²) in [6.07, 6.45) is 1.14. The molecule has 0 saturated carbocycles. The minimum atomic E-state index is 0.0578. The fraction of sp³-hybridized carbons (Fsp3) is 0.200. The summed E-state index contributed by atoms with van der Waals surface area (Å²) in [6, 6.07) is 13.6. The molecular formula is C20H21N3O. The zero-order valence-corrected chi connectivity index (χ0v) is 13.9. The predicted octanol–water partition coefficient (Wildman–Crippen LogP) is 3.88. The number of aromatic nitrogens is 1. The molecular weight excluding hydrogens is 298 g/mol. The van der Waals surface area contributed by atoms with Gasteiger partial charge in [-0.2, -0.15) is 0 Å². The van der Waals surface area contributed by atoms with Crippen LogP contribution in [0.15, 0.2) is 42.5 Å². The summed E-state index contributed by atoms with van der Waals surface area (Å²) in [5.41, 5.74) is 11.1. The summed E-state index contributed by atoms with van der Waals surface area (Å²) in [5, 5.41) is 8.41. The van der Waals surface area contributed by atoms with Crippen molar-refractivity contribution in [3.05, 3.63) is 70.4 Å². The maximum absolute atomic E-state index is 12.7. The summed E-state index contributed by atoms with van der Waals surface area (Å²) in [6.45, 7) is 3.98. The Hall–Kier alpha value is -2.88. The van der Waals surface area contributed by atoms with Gasteiger partial charge in [-0.15, -0.1) is 0 Å². The van der Waals surface area contributed by atoms with Crippen molar-refractivity contribution in [2.45, 2.75) is 26.7 Å². The molecule has 3 rings (SSSR count). The predicted molar refractivity (Wildman–Crippen MR) is 97.9 cm³/mol. The van der Waals surface area contributed by atoms with Crippen molar-refractivity contribution in [3.8, 4) is 0 Å². The van der Waals surface area contributed by atoms with Gasteiger partial charge in [0.05, 0.1) is 0 Å². The first-order chi connectivity index (χ1) is 11.5. The number of carbonyl (C=O) groups is 1. The lowest BCUT2D eigenvalue weighted by Gasteiger charge is -2.04. The van der Waals surface area contributed by atoms with Crippen molar-refractivity contribution in [1.29, 1.82) is 5.41 Å². The van der Waals surface area contributed by atoms with Crippen molar-refractivity contribution in [1.82, 2.24) is 4.98 Å². The van der Waals surface area contributed by atoms with Gasteiger partial charge in [-0.1, -0.05) is 35.9 Å². The molecule has 0 saturated heterocycles. The molecule has 1 heterocycles. The number of hydrogen-bond donors (Lipinski definition) is 3. The fourth-order valence-corrected chi connectivity index (χ4v) is 3.03. The van der Waals surface area contributed by atoms with E-state index in [4.69, 9.17) is 11.1 Å². The number of aromatic amines is 1. The molecule has 3 aromatic rings. The number of amidine groups is 1. The summed E-state index contributed by atoms with van der Waals surface area (Å²) >= 11 is 0. The Kier molecular flexibility index (Phi) is 4.21. The third kappa shape index (κ3) is 3.08. The van der Waals surface area contributed by atoms with Gasteiger partial charge in [0.15, 0.2) is 5.78 Å². The van der Waals surface area contributed by atoms with E-state index in [1.54, 1.807) is 0 Å². The largest absolute Gasteiger partial charge is 0.384 e. The molecule has 0 bridgehead atoms. The topological polar surface area (TPSA) is 82.7 Å². The second kappa shape index (κ2) is 6.32. The molecule has 0 aliphatic heterocycles.